The van der Waals surface area contributed by atoms with Gasteiger partial charge in [0.05, 0.1) is 0 Å². The lowest BCUT2D eigenvalue weighted by Crippen LogP contribution is -2.19. The lowest BCUT2D eigenvalue weighted by Gasteiger charge is -2.01. The normalized spacial score (nSPS) is 26.1. The third kappa shape index (κ3) is 1.28. The fourth-order valence-electron chi connectivity index (χ4n) is 0.466. The lowest BCUT2D eigenvalue weighted by molar-refractivity contribution is 0.0104. The Bertz CT molecular complexity index is 125. The second-order valence-electron chi connectivity index (χ2n) is 1.55. The largest absolute Gasteiger partial charge is 0.509 e. The van der Waals surface area contributed by atoms with Gasteiger partial charge in [0.25, 0.3) is 6.43 Å². The molecule has 1 aliphatic rings. The molecule has 0 amide bonds. The van der Waals surface area contributed by atoms with E-state index < -0.39 is 18.7 Å². The van der Waals surface area contributed by atoms with Gasteiger partial charge in [-0.05, 0) is 0 Å². The predicted molar refractivity (Wildman–Crippen MR) is 22.2 cm³/mol. The highest BCUT2D eigenvalue weighted by atomic mass is 19.3. The molecule has 5 heteroatoms. The Labute approximate surface area is 49.5 Å². The number of alkyl halides is 2. The fourth-order valence-corrected chi connectivity index (χ4v) is 0.466. The van der Waals surface area contributed by atoms with E-state index in [1.165, 1.54) is 0 Å². The topological polar surface area (TPSA) is 35.5 Å². The molecule has 0 spiro atoms. The first-order valence-electron chi connectivity index (χ1n) is 2.31. The van der Waals surface area contributed by atoms with Crippen LogP contribution in [0.25, 0.3) is 0 Å². The number of carbonyl (C=O) groups is 1. The highest BCUT2D eigenvalue weighted by Gasteiger charge is 2.32. The van der Waals surface area contributed by atoms with Crippen molar-refractivity contribution >= 4 is 6.16 Å². The van der Waals surface area contributed by atoms with Crippen LogP contribution in [0, 0.1) is 0 Å². The quantitative estimate of drug-likeness (QED) is 0.502. The maximum Gasteiger partial charge on any atom is 0.509 e. The van der Waals surface area contributed by atoms with Crippen molar-refractivity contribution in [3.63, 3.8) is 0 Å². The van der Waals surface area contributed by atoms with Crippen molar-refractivity contribution in [1.29, 1.82) is 0 Å². The van der Waals surface area contributed by atoms with Gasteiger partial charge in [-0.2, -0.15) is 0 Å². The van der Waals surface area contributed by atoms with Crippen LogP contribution in [0.3, 0.4) is 0 Å². The molecule has 1 rings (SSSR count). The van der Waals surface area contributed by atoms with Crippen LogP contribution in [-0.2, 0) is 9.47 Å². The fraction of sp³-hybridized carbons (Fsp3) is 0.750. The molecule has 0 aliphatic carbocycles. The molecule has 0 aromatic rings. The Balaban J connectivity index is 2.39. The number of cyclic esters (lactones) is 2. The molecular formula is C4H4F2O3. The maximum atomic E-state index is 11.6. The van der Waals surface area contributed by atoms with E-state index >= 15 is 0 Å². The molecule has 0 saturated carbocycles. The van der Waals surface area contributed by atoms with Gasteiger partial charge in [0, 0.05) is 0 Å². The molecule has 0 aromatic carbocycles. The summed E-state index contributed by atoms with van der Waals surface area (Å²) < 4.78 is 31.2. The van der Waals surface area contributed by atoms with Crippen molar-refractivity contribution < 1.29 is 23.0 Å². The van der Waals surface area contributed by atoms with Crippen LogP contribution in [0.2, 0.25) is 0 Å². The van der Waals surface area contributed by atoms with Gasteiger partial charge in [0.2, 0.25) is 0 Å². The number of hydrogen-bond donors (Lipinski definition) is 0. The van der Waals surface area contributed by atoms with Gasteiger partial charge in [0.15, 0.2) is 6.10 Å². The van der Waals surface area contributed by atoms with E-state index in [4.69, 9.17) is 0 Å². The Morgan fingerprint density at radius 3 is 2.56 bits per heavy atom. The van der Waals surface area contributed by atoms with Crippen molar-refractivity contribution in [2.24, 2.45) is 0 Å². The third-order valence-corrected chi connectivity index (χ3v) is 0.894. The summed E-state index contributed by atoms with van der Waals surface area (Å²) >= 11 is 0. The van der Waals surface area contributed by atoms with Gasteiger partial charge >= 0.3 is 6.16 Å². The van der Waals surface area contributed by atoms with Gasteiger partial charge in [-0.25, -0.2) is 13.6 Å². The second kappa shape index (κ2) is 2.16. The molecule has 0 N–H and O–H groups in total. The Kier molecular flexibility index (Phi) is 1.50. The average molecular weight is 138 g/mol. The zero-order chi connectivity index (χ0) is 6.85. The van der Waals surface area contributed by atoms with Crippen molar-refractivity contribution in [2.75, 3.05) is 6.61 Å². The second-order valence-corrected chi connectivity index (χ2v) is 1.55. The Morgan fingerprint density at radius 1 is 1.67 bits per heavy atom. The predicted octanol–water partition coefficient (Wildman–Crippen LogP) is 0.787. The van der Waals surface area contributed by atoms with Crippen LogP contribution in [0.4, 0.5) is 13.6 Å². The van der Waals surface area contributed by atoms with Gasteiger partial charge in [-0.15, -0.1) is 0 Å². The molecule has 1 aliphatic heterocycles. The molecule has 52 valence electrons. The molecule has 1 fully saturated rings. The minimum atomic E-state index is -2.64. The summed E-state index contributed by atoms with van der Waals surface area (Å²) in [5.41, 5.74) is 0. The SMILES string of the molecule is O=C1OCC(C(F)F)O1. The number of ether oxygens (including phenoxy) is 2. The van der Waals surface area contributed by atoms with Gasteiger partial charge in [0.1, 0.15) is 6.61 Å². The molecule has 0 aromatic heterocycles. The van der Waals surface area contributed by atoms with Crippen LogP contribution in [0.15, 0.2) is 0 Å². The van der Waals surface area contributed by atoms with E-state index in [1.807, 2.05) is 0 Å². The summed E-state index contributed by atoms with van der Waals surface area (Å²) in [6, 6.07) is 0. The number of rotatable bonds is 1. The summed E-state index contributed by atoms with van der Waals surface area (Å²) in [7, 11) is 0. The number of hydrogen-bond acceptors (Lipinski definition) is 3. The van der Waals surface area contributed by atoms with Crippen molar-refractivity contribution in [3.05, 3.63) is 0 Å². The average Bonchev–Trinajstić information content (AvgIpc) is 2.14. The zero-order valence-electron chi connectivity index (χ0n) is 4.34. The number of halogens is 2. The first-order chi connectivity index (χ1) is 4.20. The minimum absolute atomic E-state index is 0.337. The standard InChI is InChI=1S/C4H4F2O3/c5-3(6)2-1-8-4(7)9-2/h2-3H,1H2. The van der Waals surface area contributed by atoms with Gasteiger partial charge < -0.3 is 9.47 Å². The van der Waals surface area contributed by atoms with Crippen LogP contribution < -0.4 is 0 Å². The first-order valence-corrected chi connectivity index (χ1v) is 2.31. The van der Waals surface area contributed by atoms with Crippen LogP contribution in [0.1, 0.15) is 0 Å². The van der Waals surface area contributed by atoms with Gasteiger partial charge in [-0.3, -0.25) is 0 Å². The van der Waals surface area contributed by atoms with E-state index in [1.54, 1.807) is 0 Å². The van der Waals surface area contributed by atoms with Crippen molar-refractivity contribution in [2.45, 2.75) is 12.5 Å². The van der Waals surface area contributed by atoms with Crippen LogP contribution in [-0.4, -0.2) is 25.3 Å². The van der Waals surface area contributed by atoms with E-state index in [-0.39, 0.29) is 6.61 Å². The molecule has 1 heterocycles. The summed E-state index contributed by atoms with van der Waals surface area (Å²) in [6.07, 6.45) is -5.02. The highest BCUT2D eigenvalue weighted by Crippen LogP contribution is 2.12. The van der Waals surface area contributed by atoms with Crippen LogP contribution >= 0.6 is 0 Å². The summed E-state index contributed by atoms with van der Waals surface area (Å²) in [5, 5.41) is 0. The molecule has 9 heavy (non-hydrogen) atoms. The number of carbonyl (C=O) groups excluding carboxylic acids is 1. The Hall–Kier alpha value is -0.870. The van der Waals surface area contributed by atoms with Crippen molar-refractivity contribution in [3.8, 4) is 0 Å². The summed E-state index contributed by atoms with van der Waals surface area (Å²) in [4.78, 5) is 9.98. The summed E-state index contributed by atoms with van der Waals surface area (Å²) in [5.74, 6) is 0. The van der Waals surface area contributed by atoms with Crippen LogP contribution in [0.5, 0.6) is 0 Å². The molecule has 0 radical (unpaired) electrons. The molecular weight excluding hydrogens is 134 g/mol. The van der Waals surface area contributed by atoms with E-state index in [0.29, 0.717) is 0 Å². The Morgan fingerprint density at radius 2 is 2.33 bits per heavy atom. The first kappa shape index (κ1) is 6.25. The molecule has 1 atom stereocenters. The van der Waals surface area contributed by atoms with Gasteiger partial charge in [-0.1, -0.05) is 0 Å². The smallest absolute Gasteiger partial charge is 0.430 e. The zero-order valence-corrected chi connectivity index (χ0v) is 4.34. The summed E-state index contributed by atoms with van der Waals surface area (Å²) in [6.45, 7) is -0.337. The van der Waals surface area contributed by atoms with Crippen molar-refractivity contribution in [1.82, 2.24) is 0 Å². The maximum absolute atomic E-state index is 11.6. The van der Waals surface area contributed by atoms with E-state index in [0.717, 1.165) is 0 Å². The lowest BCUT2D eigenvalue weighted by atomic mass is 10.4. The molecule has 1 unspecified atom stereocenters. The molecule has 1 saturated heterocycles. The third-order valence-electron chi connectivity index (χ3n) is 0.894. The van der Waals surface area contributed by atoms with E-state index in [2.05, 4.69) is 9.47 Å². The highest BCUT2D eigenvalue weighted by molar-refractivity contribution is 5.61. The minimum Gasteiger partial charge on any atom is -0.430 e. The van der Waals surface area contributed by atoms with E-state index in [9.17, 15) is 13.6 Å². The molecule has 3 nitrogen and oxygen atoms in total. The molecule has 0 bridgehead atoms. The monoisotopic (exact) mass is 138 g/mol.